The fourth-order valence-corrected chi connectivity index (χ4v) is 1.80. The SMILES string of the molecule is NCCCCCC(=O)Nc1ccc(Cl)c(C(=O)O)c1. The third-order valence-electron chi connectivity index (χ3n) is 2.59. The number of carbonyl (C=O) groups excluding carboxylic acids is 1. The number of nitrogens with two attached hydrogens (primary N) is 1. The molecule has 4 N–H and O–H groups in total. The quantitative estimate of drug-likeness (QED) is 0.671. The van der Waals surface area contributed by atoms with Crippen molar-refractivity contribution in [3.8, 4) is 0 Å². The van der Waals surface area contributed by atoms with E-state index in [2.05, 4.69) is 5.32 Å². The highest BCUT2D eigenvalue weighted by Crippen LogP contribution is 2.20. The van der Waals surface area contributed by atoms with Crippen LogP contribution in [-0.2, 0) is 4.79 Å². The first-order valence-electron chi connectivity index (χ1n) is 6.07. The molecule has 1 aromatic rings. The molecule has 0 aliphatic carbocycles. The highest BCUT2D eigenvalue weighted by molar-refractivity contribution is 6.33. The number of benzene rings is 1. The van der Waals surface area contributed by atoms with Crippen LogP contribution in [0.4, 0.5) is 5.69 Å². The largest absolute Gasteiger partial charge is 0.478 e. The van der Waals surface area contributed by atoms with Crippen molar-refractivity contribution < 1.29 is 14.7 Å². The molecule has 0 aromatic heterocycles. The lowest BCUT2D eigenvalue weighted by atomic mass is 10.1. The number of nitrogens with one attached hydrogen (secondary N) is 1. The second-order valence-corrected chi connectivity index (χ2v) is 4.55. The van der Waals surface area contributed by atoms with E-state index in [4.69, 9.17) is 22.4 Å². The minimum Gasteiger partial charge on any atom is -0.478 e. The molecule has 0 radical (unpaired) electrons. The molecular weight excluding hydrogens is 268 g/mol. The van der Waals surface area contributed by atoms with Gasteiger partial charge < -0.3 is 16.2 Å². The topological polar surface area (TPSA) is 92.4 Å². The standard InChI is InChI=1S/C13H17ClN2O3/c14-11-6-5-9(8-10(11)13(18)19)16-12(17)4-2-1-3-7-15/h5-6,8H,1-4,7,15H2,(H,16,17)(H,18,19). The van der Waals surface area contributed by atoms with Gasteiger partial charge in [-0.15, -0.1) is 0 Å². The van der Waals surface area contributed by atoms with Crippen LogP contribution in [-0.4, -0.2) is 23.5 Å². The molecule has 5 nitrogen and oxygen atoms in total. The molecule has 104 valence electrons. The Kier molecular flexibility index (Phi) is 6.32. The average molecular weight is 285 g/mol. The van der Waals surface area contributed by atoms with Crippen LogP contribution in [0.3, 0.4) is 0 Å². The van der Waals surface area contributed by atoms with Crippen molar-refractivity contribution in [2.75, 3.05) is 11.9 Å². The Morgan fingerprint density at radius 2 is 2.00 bits per heavy atom. The molecule has 0 heterocycles. The van der Waals surface area contributed by atoms with Crippen molar-refractivity contribution in [3.63, 3.8) is 0 Å². The predicted octanol–water partition coefficient (Wildman–Crippen LogP) is 2.50. The zero-order valence-corrected chi connectivity index (χ0v) is 11.2. The fourth-order valence-electron chi connectivity index (χ4n) is 1.60. The maximum Gasteiger partial charge on any atom is 0.337 e. The van der Waals surface area contributed by atoms with E-state index >= 15 is 0 Å². The zero-order chi connectivity index (χ0) is 14.3. The maximum atomic E-state index is 11.6. The Bertz CT molecular complexity index is 463. The second-order valence-electron chi connectivity index (χ2n) is 4.15. The first-order chi connectivity index (χ1) is 9.04. The molecule has 1 aromatic carbocycles. The van der Waals surface area contributed by atoms with Gasteiger partial charge >= 0.3 is 5.97 Å². The van der Waals surface area contributed by atoms with Crippen molar-refractivity contribution in [3.05, 3.63) is 28.8 Å². The van der Waals surface area contributed by atoms with Crippen molar-refractivity contribution >= 4 is 29.2 Å². The van der Waals surface area contributed by atoms with E-state index < -0.39 is 5.97 Å². The lowest BCUT2D eigenvalue weighted by Crippen LogP contribution is -2.12. The summed E-state index contributed by atoms with van der Waals surface area (Å²) in [4.78, 5) is 22.5. The summed E-state index contributed by atoms with van der Waals surface area (Å²) in [6, 6.07) is 4.38. The van der Waals surface area contributed by atoms with Crippen LogP contribution in [0.2, 0.25) is 5.02 Å². The van der Waals surface area contributed by atoms with Gasteiger partial charge in [0.1, 0.15) is 0 Å². The van der Waals surface area contributed by atoms with E-state index in [1.165, 1.54) is 12.1 Å². The van der Waals surface area contributed by atoms with E-state index in [1.807, 2.05) is 0 Å². The molecule has 0 aliphatic heterocycles. The number of rotatable bonds is 7. The monoisotopic (exact) mass is 284 g/mol. The molecule has 19 heavy (non-hydrogen) atoms. The van der Waals surface area contributed by atoms with Crippen LogP contribution in [0.5, 0.6) is 0 Å². The number of hydrogen-bond donors (Lipinski definition) is 3. The van der Waals surface area contributed by atoms with E-state index in [9.17, 15) is 9.59 Å². The molecule has 1 rings (SSSR count). The Labute approximate surface area is 116 Å². The van der Waals surface area contributed by atoms with Crippen LogP contribution >= 0.6 is 11.6 Å². The summed E-state index contributed by atoms with van der Waals surface area (Å²) < 4.78 is 0. The van der Waals surface area contributed by atoms with Crippen LogP contribution in [0.25, 0.3) is 0 Å². The first kappa shape index (κ1) is 15.5. The highest BCUT2D eigenvalue weighted by Gasteiger charge is 2.10. The molecule has 0 aliphatic rings. The summed E-state index contributed by atoms with van der Waals surface area (Å²) in [7, 11) is 0. The number of hydrogen-bond acceptors (Lipinski definition) is 3. The molecular formula is C13H17ClN2O3. The maximum absolute atomic E-state index is 11.6. The van der Waals surface area contributed by atoms with Crippen molar-refractivity contribution in [1.29, 1.82) is 0 Å². The Hall–Kier alpha value is -1.59. The third-order valence-corrected chi connectivity index (χ3v) is 2.92. The molecule has 0 bridgehead atoms. The first-order valence-corrected chi connectivity index (χ1v) is 6.45. The minimum atomic E-state index is -1.12. The van der Waals surface area contributed by atoms with Gasteiger partial charge in [-0.05, 0) is 37.6 Å². The van der Waals surface area contributed by atoms with Crippen molar-refractivity contribution in [2.24, 2.45) is 5.73 Å². The number of anilines is 1. The molecule has 0 atom stereocenters. The van der Waals surface area contributed by atoms with Crippen molar-refractivity contribution in [2.45, 2.75) is 25.7 Å². The van der Waals surface area contributed by atoms with Crippen LogP contribution < -0.4 is 11.1 Å². The highest BCUT2D eigenvalue weighted by atomic mass is 35.5. The number of halogens is 1. The Morgan fingerprint density at radius 1 is 1.26 bits per heavy atom. The lowest BCUT2D eigenvalue weighted by Gasteiger charge is -2.07. The Morgan fingerprint density at radius 3 is 2.63 bits per heavy atom. The molecule has 0 saturated carbocycles. The lowest BCUT2D eigenvalue weighted by molar-refractivity contribution is -0.116. The van der Waals surface area contributed by atoms with Gasteiger partial charge in [0, 0.05) is 12.1 Å². The smallest absolute Gasteiger partial charge is 0.337 e. The molecule has 0 spiro atoms. The van der Waals surface area contributed by atoms with E-state index in [0.29, 0.717) is 18.7 Å². The predicted molar refractivity (Wildman–Crippen MR) is 74.6 cm³/mol. The van der Waals surface area contributed by atoms with Crippen LogP contribution in [0, 0.1) is 0 Å². The second kappa shape index (κ2) is 7.76. The number of carboxylic acid groups (broad SMARTS) is 1. The summed E-state index contributed by atoms with van der Waals surface area (Å²) in [6.45, 7) is 0.626. The van der Waals surface area contributed by atoms with Crippen LogP contribution in [0.1, 0.15) is 36.0 Å². The molecule has 1 amide bonds. The summed E-state index contributed by atoms with van der Waals surface area (Å²) in [6.07, 6.45) is 2.97. The number of carboxylic acids is 1. The van der Waals surface area contributed by atoms with Gasteiger partial charge in [-0.25, -0.2) is 4.79 Å². The Balaban J connectivity index is 2.55. The summed E-state index contributed by atoms with van der Waals surface area (Å²) >= 11 is 5.74. The number of aromatic carboxylic acids is 1. The summed E-state index contributed by atoms with van der Waals surface area (Å²) in [5, 5.41) is 11.7. The van der Waals surface area contributed by atoms with E-state index in [-0.39, 0.29) is 16.5 Å². The van der Waals surface area contributed by atoms with Gasteiger partial charge in [0.05, 0.1) is 10.6 Å². The van der Waals surface area contributed by atoms with Crippen LogP contribution in [0.15, 0.2) is 18.2 Å². The zero-order valence-electron chi connectivity index (χ0n) is 10.5. The molecule has 0 unspecified atom stereocenters. The van der Waals surface area contributed by atoms with Gasteiger partial charge in [0.2, 0.25) is 5.91 Å². The van der Waals surface area contributed by atoms with Gasteiger partial charge in [-0.2, -0.15) is 0 Å². The number of unbranched alkanes of at least 4 members (excludes halogenated alkanes) is 2. The minimum absolute atomic E-state index is 0.0254. The average Bonchev–Trinajstić information content (AvgIpc) is 2.36. The van der Waals surface area contributed by atoms with Gasteiger partial charge in [0.25, 0.3) is 0 Å². The number of amides is 1. The van der Waals surface area contributed by atoms with E-state index in [0.717, 1.165) is 19.3 Å². The molecule has 6 heteroatoms. The van der Waals surface area contributed by atoms with E-state index in [1.54, 1.807) is 6.07 Å². The third kappa shape index (κ3) is 5.28. The molecule has 0 saturated heterocycles. The van der Waals surface area contributed by atoms with Gasteiger partial charge in [0.15, 0.2) is 0 Å². The number of carbonyl (C=O) groups is 2. The normalized spacial score (nSPS) is 10.2. The fraction of sp³-hybridized carbons (Fsp3) is 0.385. The summed E-state index contributed by atoms with van der Waals surface area (Å²) in [5.74, 6) is -1.26. The molecule has 0 fully saturated rings. The van der Waals surface area contributed by atoms with Gasteiger partial charge in [-0.3, -0.25) is 4.79 Å². The summed E-state index contributed by atoms with van der Waals surface area (Å²) in [5.41, 5.74) is 5.77. The van der Waals surface area contributed by atoms with Gasteiger partial charge in [-0.1, -0.05) is 18.0 Å². The van der Waals surface area contributed by atoms with Crippen molar-refractivity contribution in [1.82, 2.24) is 0 Å².